The molecular weight excluding hydrogens is 274 g/mol. The molecular formula is C19H39NO2. The Balaban J connectivity index is 0.00000211. The van der Waals surface area contributed by atoms with Gasteiger partial charge in [0.1, 0.15) is 0 Å². The van der Waals surface area contributed by atoms with Crippen LogP contribution >= 0.6 is 0 Å². The molecule has 0 aromatic rings. The molecule has 0 saturated heterocycles. The molecule has 22 heavy (non-hydrogen) atoms. The number of nitrogens with zero attached hydrogens (tertiary/aromatic N) is 1. The zero-order valence-electron chi connectivity index (χ0n) is 16.2. The number of carbonyl (C=O) groups is 1. The average Bonchev–Trinajstić information content (AvgIpc) is 2.47. The molecule has 3 nitrogen and oxygen atoms in total. The van der Waals surface area contributed by atoms with Crippen LogP contribution in [0.4, 0.5) is 0 Å². The first kappa shape index (κ1) is 21.4. The van der Waals surface area contributed by atoms with Crippen LogP contribution in [0.3, 0.4) is 0 Å². The van der Waals surface area contributed by atoms with Crippen molar-refractivity contribution < 1.29 is 9.53 Å². The SMILES string of the molecule is CC.CC(C)C(=O)N(C)C1CCC(OCCC(C)(C)C)CC1. The third-order valence-corrected chi connectivity index (χ3v) is 4.24. The Bertz CT molecular complexity index is 299. The van der Waals surface area contributed by atoms with Gasteiger partial charge in [-0.2, -0.15) is 0 Å². The molecule has 0 spiro atoms. The summed E-state index contributed by atoms with van der Waals surface area (Å²) in [6, 6.07) is 0.410. The first-order chi connectivity index (χ1) is 10.2. The van der Waals surface area contributed by atoms with Crippen molar-refractivity contribution in [3.8, 4) is 0 Å². The van der Waals surface area contributed by atoms with E-state index in [1.807, 2.05) is 39.6 Å². The molecule has 0 unspecified atom stereocenters. The van der Waals surface area contributed by atoms with E-state index >= 15 is 0 Å². The second-order valence-corrected chi connectivity index (χ2v) is 7.72. The average molecular weight is 314 g/mol. The largest absolute Gasteiger partial charge is 0.378 e. The molecule has 132 valence electrons. The van der Waals surface area contributed by atoms with Crippen molar-refractivity contribution in [2.45, 2.75) is 92.7 Å². The van der Waals surface area contributed by atoms with E-state index in [9.17, 15) is 4.79 Å². The van der Waals surface area contributed by atoms with E-state index in [2.05, 4.69) is 20.8 Å². The fourth-order valence-corrected chi connectivity index (χ4v) is 2.72. The summed E-state index contributed by atoms with van der Waals surface area (Å²) in [5, 5.41) is 0. The Morgan fingerprint density at radius 2 is 1.64 bits per heavy atom. The summed E-state index contributed by atoms with van der Waals surface area (Å²) < 4.78 is 5.99. The number of carbonyl (C=O) groups excluding carboxylic acids is 1. The number of hydrogen-bond acceptors (Lipinski definition) is 2. The molecule has 0 heterocycles. The molecule has 0 aliphatic heterocycles. The maximum atomic E-state index is 12.0. The van der Waals surface area contributed by atoms with Crippen molar-refractivity contribution in [1.29, 1.82) is 0 Å². The molecule has 1 aliphatic carbocycles. The van der Waals surface area contributed by atoms with Crippen molar-refractivity contribution in [2.75, 3.05) is 13.7 Å². The van der Waals surface area contributed by atoms with Crippen LogP contribution in [0.1, 0.15) is 80.6 Å². The van der Waals surface area contributed by atoms with Crippen LogP contribution in [0.15, 0.2) is 0 Å². The molecule has 1 rings (SSSR count). The molecule has 0 N–H and O–H groups in total. The van der Waals surface area contributed by atoms with Crippen LogP contribution in [0, 0.1) is 11.3 Å². The summed E-state index contributed by atoms with van der Waals surface area (Å²) in [5.74, 6) is 0.364. The second kappa shape index (κ2) is 10.3. The summed E-state index contributed by atoms with van der Waals surface area (Å²) >= 11 is 0. The van der Waals surface area contributed by atoms with Crippen LogP contribution in [-0.2, 0) is 9.53 Å². The lowest BCUT2D eigenvalue weighted by Gasteiger charge is -2.35. The second-order valence-electron chi connectivity index (χ2n) is 7.72. The third-order valence-electron chi connectivity index (χ3n) is 4.24. The minimum Gasteiger partial charge on any atom is -0.378 e. The topological polar surface area (TPSA) is 29.5 Å². The number of hydrogen-bond donors (Lipinski definition) is 0. The lowest BCUT2D eigenvalue weighted by atomic mass is 9.91. The fourth-order valence-electron chi connectivity index (χ4n) is 2.72. The van der Waals surface area contributed by atoms with E-state index in [0.717, 1.165) is 38.7 Å². The molecule has 0 aromatic heterocycles. The monoisotopic (exact) mass is 313 g/mol. The Hall–Kier alpha value is -0.570. The van der Waals surface area contributed by atoms with Crippen LogP contribution in [-0.4, -0.2) is 36.6 Å². The van der Waals surface area contributed by atoms with Gasteiger partial charge in [0, 0.05) is 25.6 Å². The zero-order valence-corrected chi connectivity index (χ0v) is 16.2. The Kier molecular flexibility index (Phi) is 9.99. The van der Waals surface area contributed by atoms with Crippen LogP contribution in [0.5, 0.6) is 0 Å². The van der Waals surface area contributed by atoms with Crippen molar-refractivity contribution in [3.05, 3.63) is 0 Å². The van der Waals surface area contributed by atoms with Gasteiger partial charge in [0.2, 0.25) is 5.91 Å². The summed E-state index contributed by atoms with van der Waals surface area (Å²) in [6.07, 6.45) is 5.84. The molecule has 0 radical (unpaired) electrons. The normalized spacial score (nSPS) is 22.0. The molecule has 1 saturated carbocycles. The van der Waals surface area contributed by atoms with E-state index < -0.39 is 0 Å². The predicted octanol–water partition coefficient (Wildman–Crippen LogP) is 4.89. The predicted molar refractivity (Wildman–Crippen MR) is 95.0 cm³/mol. The van der Waals surface area contributed by atoms with Gasteiger partial charge in [-0.3, -0.25) is 4.79 Å². The molecule has 0 aromatic carbocycles. The van der Waals surface area contributed by atoms with Crippen molar-refractivity contribution >= 4 is 5.91 Å². The molecule has 0 atom stereocenters. The van der Waals surface area contributed by atoms with Gasteiger partial charge in [-0.05, 0) is 37.5 Å². The highest BCUT2D eigenvalue weighted by molar-refractivity contribution is 5.78. The number of amides is 1. The molecule has 3 heteroatoms. The first-order valence-electron chi connectivity index (χ1n) is 9.09. The Morgan fingerprint density at radius 3 is 2.05 bits per heavy atom. The summed E-state index contributed by atoms with van der Waals surface area (Å²) in [5.41, 5.74) is 0.348. The lowest BCUT2D eigenvalue weighted by molar-refractivity contribution is -0.136. The van der Waals surface area contributed by atoms with Gasteiger partial charge in [-0.15, -0.1) is 0 Å². The Labute approximate surface area is 138 Å². The highest BCUT2D eigenvalue weighted by Gasteiger charge is 2.27. The van der Waals surface area contributed by atoms with Gasteiger partial charge in [-0.1, -0.05) is 48.5 Å². The first-order valence-corrected chi connectivity index (χ1v) is 9.09. The molecule has 1 aliphatic rings. The van der Waals surface area contributed by atoms with Gasteiger partial charge in [-0.25, -0.2) is 0 Å². The van der Waals surface area contributed by atoms with Gasteiger partial charge >= 0.3 is 0 Å². The number of rotatable bonds is 5. The van der Waals surface area contributed by atoms with E-state index in [0.29, 0.717) is 17.6 Å². The van der Waals surface area contributed by atoms with Crippen molar-refractivity contribution in [2.24, 2.45) is 11.3 Å². The van der Waals surface area contributed by atoms with Crippen molar-refractivity contribution in [3.63, 3.8) is 0 Å². The standard InChI is InChI=1S/C17H33NO2.C2H6/c1-13(2)16(19)18(6)14-7-9-15(10-8-14)20-12-11-17(3,4)5;1-2/h13-15H,7-12H2,1-6H3;1-2H3. The van der Waals surface area contributed by atoms with Gasteiger partial charge < -0.3 is 9.64 Å². The van der Waals surface area contributed by atoms with E-state index in [1.54, 1.807) is 0 Å². The lowest BCUT2D eigenvalue weighted by Crippen LogP contribution is -2.42. The Morgan fingerprint density at radius 1 is 1.14 bits per heavy atom. The minimum absolute atomic E-state index is 0.0979. The van der Waals surface area contributed by atoms with Crippen LogP contribution in [0.25, 0.3) is 0 Å². The van der Waals surface area contributed by atoms with E-state index in [-0.39, 0.29) is 11.8 Å². The van der Waals surface area contributed by atoms with Gasteiger partial charge in [0.15, 0.2) is 0 Å². The number of ether oxygens (including phenoxy) is 1. The minimum atomic E-state index is 0.0979. The summed E-state index contributed by atoms with van der Waals surface area (Å²) in [4.78, 5) is 14.0. The van der Waals surface area contributed by atoms with Gasteiger partial charge in [0.05, 0.1) is 6.10 Å². The van der Waals surface area contributed by atoms with Crippen LogP contribution in [0.2, 0.25) is 0 Å². The molecule has 1 fully saturated rings. The maximum Gasteiger partial charge on any atom is 0.225 e. The third kappa shape index (κ3) is 8.17. The maximum absolute atomic E-state index is 12.0. The highest BCUT2D eigenvalue weighted by Crippen LogP contribution is 2.26. The summed E-state index contributed by atoms with van der Waals surface area (Å²) in [7, 11) is 1.95. The van der Waals surface area contributed by atoms with Gasteiger partial charge in [0.25, 0.3) is 0 Å². The fraction of sp³-hybridized carbons (Fsp3) is 0.947. The zero-order chi connectivity index (χ0) is 17.3. The van der Waals surface area contributed by atoms with Crippen LogP contribution < -0.4 is 0 Å². The van der Waals surface area contributed by atoms with E-state index in [4.69, 9.17) is 4.74 Å². The van der Waals surface area contributed by atoms with Crippen molar-refractivity contribution in [1.82, 2.24) is 4.90 Å². The quantitative estimate of drug-likeness (QED) is 0.723. The summed E-state index contributed by atoms with van der Waals surface area (Å²) in [6.45, 7) is 15.6. The van der Waals surface area contributed by atoms with E-state index in [1.165, 1.54) is 0 Å². The molecule has 0 bridgehead atoms. The highest BCUT2D eigenvalue weighted by atomic mass is 16.5. The smallest absolute Gasteiger partial charge is 0.225 e. The molecule has 1 amide bonds.